The molecule has 1 heterocycles. The molecule has 4 rings (SSSR count). The Balaban J connectivity index is 1.54. The minimum Gasteiger partial charge on any atom is -0.379 e. The van der Waals surface area contributed by atoms with Crippen molar-refractivity contribution in [3.63, 3.8) is 0 Å². The van der Waals surface area contributed by atoms with E-state index in [0.29, 0.717) is 37.7 Å². The smallest absolute Gasteiger partial charge is 0.235 e. The number of hydrogen-bond donors (Lipinski definition) is 1. The number of halogens is 1. The maximum absolute atomic E-state index is 13.5. The second-order valence-electron chi connectivity index (χ2n) is 8.38. The summed E-state index contributed by atoms with van der Waals surface area (Å²) in [5, 5.41) is 3.71. The first-order valence-corrected chi connectivity index (χ1v) is 11.2. The number of rotatable bonds is 7. The summed E-state index contributed by atoms with van der Waals surface area (Å²) in [7, 11) is 0. The number of amides is 1. The number of ether oxygens (including phenoxy) is 2. The summed E-state index contributed by atoms with van der Waals surface area (Å²) >= 11 is 6.01. The van der Waals surface area contributed by atoms with E-state index in [2.05, 4.69) is 5.32 Å². The molecular weight excluding hydrogens is 414 g/mol. The van der Waals surface area contributed by atoms with Crippen molar-refractivity contribution in [2.24, 2.45) is 0 Å². The van der Waals surface area contributed by atoms with Crippen molar-refractivity contribution in [2.75, 3.05) is 19.8 Å². The molecule has 31 heavy (non-hydrogen) atoms. The molecule has 2 aromatic carbocycles. The highest BCUT2D eigenvalue weighted by Crippen LogP contribution is 2.42. The van der Waals surface area contributed by atoms with Crippen LogP contribution in [-0.4, -0.2) is 43.2 Å². The van der Waals surface area contributed by atoms with E-state index in [1.807, 2.05) is 56.3 Å². The van der Waals surface area contributed by atoms with Gasteiger partial charge in [0.2, 0.25) is 5.91 Å². The van der Waals surface area contributed by atoms with Crippen LogP contribution in [0.3, 0.4) is 0 Å². The fraction of sp³-hybridized carbons (Fsp3) is 0.440. The third-order valence-electron chi connectivity index (χ3n) is 6.38. The third-order valence-corrected chi connectivity index (χ3v) is 6.63. The van der Waals surface area contributed by atoms with Crippen LogP contribution in [0.4, 0.5) is 0 Å². The van der Waals surface area contributed by atoms with E-state index < -0.39 is 11.5 Å². The van der Waals surface area contributed by atoms with Gasteiger partial charge in [-0.3, -0.25) is 9.59 Å². The molecule has 3 atom stereocenters. The number of carbonyl (C=O) groups is 2. The monoisotopic (exact) mass is 441 g/mol. The average molecular weight is 442 g/mol. The Bertz CT molecular complexity index is 974. The van der Waals surface area contributed by atoms with E-state index in [1.165, 1.54) is 0 Å². The Hall–Kier alpha value is -2.21. The summed E-state index contributed by atoms with van der Waals surface area (Å²) in [4.78, 5) is 26.5. The van der Waals surface area contributed by atoms with Gasteiger partial charge < -0.3 is 14.8 Å². The van der Waals surface area contributed by atoms with Gasteiger partial charge >= 0.3 is 0 Å². The summed E-state index contributed by atoms with van der Waals surface area (Å²) in [6.07, 6.45) is 1.86. The molecule has 164 valence electrons. The molecule has 3 unspecified atom stereocenters. The average Bonchev–Trinajstić information content (AvgIpc) is 3.27. The normalized spacial score (nSPS) is 25.4. The lowest BCUT2D eigenvalue weighted by atomic mass is 9.83. The van der Waals surface area contributed by atoms with Gasteiger partial charge in [0.1, 0.15) is 11.5 Å². The molecule has 5 nitrogen and oxygen atoms in total. The van der Waals surface area contributed by atoms with Gasteiger partial charge in [-0.05, 0) is 67.1 Å². The molecule has 0 radical (unpaired) electrons. The predicted octanol–water partition coefficient (Wildman–Crippen LogP) is 4.44. The van der Waals surface area contributed by atoms with Gasteiger partial charge in [0.05, 0.1) is 19.3 Å². The van der Waals surface area contributed by atoms with Crippen molar-refractivity contribution in [3.8, 4) is 11.1 Å². The van der Waals surface area contributed by atoms with E-state index in [4.69, 9.17) is 21.1 Å². The molecule has 1 amide bonds. The minimum atomic E-state index is -0.819. The summed E-state index contributed by atoms with van der Waals surface area (Å²) in [5.41, 5.74) is 2.84. The predicted molar refractivity (Wildman–Crippen MR) is 120 cm³/mol. The van der Waals surface area contributed by atoms with Crippen LogP contribution in [0.15, 0.2) is 42.5 Å². The molecule has 6 heteroatoms. The van der Waals surface area contributed by atoms with Gasteiger partial charge in [0.25, 0.3) is 0 Å². The SMILES string of the molecule is CCOCCOC1CCC2(C1)NC(=O)C(c1cc(-c3ccc(Cl)cc3)ccc1C)C2=O. The molecule has 1 aliphatic heterocycles. The van der Waals surface area contributed by atoms with Crippen LogP contribution in [0.1, 0.15) is 43.2 Å². The number of carbonyl (C=O) groups excluding carboxylic acids is 2. The molecule has 2 aromatic rings. The molecule has 1 aliphatic carbocycles. The molecule has 1 saturated heterocycles. The second-order valence-corrected chi connectivity index (χ2v) is 8.82. The maximum atomic E-state index is 13.5. The maximum Gasteiger partial charge on any atom is 0.235 e. The number of ketones is 1. The lowest BCUT2D eigenvalue weighted by Gasteiger charge is -2.22. The molecule has 1 saturated carbocycles. The third kappa shape index (κ3) is 4.40. The van der Waals surface area contributed by atoms with Crippen LogP contribution >= 0.6 is 11.6 Å². The van der Waals surface area contributed by atoms with Gasteiger partial charge in [0, 0.05) is 18.1 Å². The number of aryl methyl sites for hydroxylation is 1. The first-order valence-electron chi connectivity index (χ1n) is 10.9. The van der Waals surface area contributed by atoms with E-state index in [1.54, 1.807) is 0 Å². The molecule has 1 N–H and O–H groups in total. The lowest BCUT2D eigenvalue weighted by molar-refractivity contribution is -0.125. The van der Waals surface area contributed by atoms with Gasteiger partial charge in [-0.15, -0.1) is 0 Å². The Kier molecular flexibility index (Phi) is 6.47. The van der Waals surface area contributed by atoms with Gasteiger partial charge in [-0.25, -0.2) is 0 Å². The van der Waals surface area contributed by atoms with Crippen molar-refractivity contribution in [1.82, 2.24) is 5.32 Å². The number of hydrogen-bond acceptors (Lipinski definition) is 4. The summed E-state index contributed by atoms with van der Waals surface area (Å²) in [5.74, 6) is -1.03. The van der Waals surface area contributed by atoms with Gasteiger partial charge in [-0.2, -0.15) is 0 Å². The summed E-state index contributed by atoms with van der Waals surface area (Å²) in [6.45, 7) is 5.59. The Labute approximate surface area is 188 Å². The van der Waals surface area contributed by atoms with Crippen molar-refractivity contribution in [1.29, 1.82) is 0 Å². The topological polar surface area (TPSA) is 64.6 Å². The molecule has 1 spiro atoms. The van der Waals surface area contributed by atoms with Crippen molar-refractivity contribution in [2.45, 2.75) is 50.7 Å². The number of Topliss-reactive ketones (excluding diaryl/α,β-unsaturated/α-hetero) is 1. The molecular formula is C25H28ClNO4. The molecule has 2 fully saturated rings. The van der Waals surface area contributed by atoms with E-state index >= 15 is 0 Å². The zero-order chi connectivity index (χ0) is 22.0. The molecule has 0 bridgehead atoms. The van der Waals surface area contributed by atoms with Crippen LogP contribution in [-0.2, 0) is 19.1 Å². The quantitative estimate of drug-likeness (QED) is 0.509. The van der Waals surface area contributed by atoms with E-state index in [0.717, 1.165) is 28.7 Å². The highest BCUT2D eigenvalue weighted by molar-refractivity contribution is 6.30. The summed E-state index contributed by atoms with van der Waals surface area (Å²) in [6, 6.07) is 13.5. The van der Waals surface area contributed by atoms with E-state index in [9.17, 15) is 9.59 Å². The molecule has 0 aromatic heterocycles. The minimum absolute atomic E-state index is 0.0371. The van der Waals surface area contributed by atoms with Crippen LogP contribution in [0.25, 0.3) is 11.1 Å². The summed E-state index contributed by atoms with van der Waals surface area (Å²) < 4.78 is 11.2. The van der Waals surface area contributed by atoms with Crippen LogP contribution in [0.5, 0.6) is 0 Å². The Morgan fingerprint density at radius 2 is 1.84 bits per heavy atom. The first-order chi connectivity index (χ1) is 14.9. The van der Waals surface area contributed by atoms with Crippen molar-refractivity contribution in [3.05, 3.63) is 58.6 Å². The zero-order valence-corrected chi connectivity index (χ0v) is 18.7. The standard InChI is InChI=1S/C25H28ClNO4/c1-3-30-12-13-31-20-10-11-25(15-20)23(28)22(24(29)27-25)21-14-18(5-4-16(21)2)17-6-8-19(26)9-7-17/h4-9,14,20,22H,3,10-13,15H2,1-2H3,(H,27,29). The van der Waals surface area contributed by atoms with Crippen LogP contribution < -0.4 is 5.32 Å². The number of benzene rings is 2. The fourth-order valence-electron chi connectivity index (χ4n) is 4.72. The van der Waals surface area contributed by atoms with Crippen LogP contribution in [0.2, 0.25) is 5.02 Å². The molecule has 2 aliphatic rings. The van der Waals surface area contributed by atoms with Crippen LogP contribution in [0, 0.1) is 6.92 Å². The lowest BCUT2D eigenvalue weighted by Crippen LogP contribution is -2.44. The second kappa shape index (κ2) is 9.11. The fourth-order valence-corrected chi connectivity index (χ4v) is 4.84. The zero-order valence-electron chi connectivity index (χ0n) is 17.9. The van der Waals surface area contributed by atoms with Gasteiger partial charge in [-0.1, -0.05) is 35.9 Å². The van der Waals surface area contributed by atoms with Crippen molar-refractivity contribution < 1.29 is 19.1 Å². The Morgan fingerprint density at radius 3 is 2.58 bits per heavy atom. The van der Waals surface area contributed by atoms with Gasteiger partial charge in [0.15, 0.2) is 5.78 Å². The van der Waals surface area contributed by atoms with E-state index in [-0.39, 0.29) is 17.8 Å². The highest BCUT2D eigenvalue weighted by atomic mass is 35.5. The largest absolute Gasteiger partial charge is 0.379 e. The first kappa shape index (κ1) is 22.0. The van der Waals surface area contributed by atoms with Crippen molar-refractivity contribution >= 4 is 23.3 Å². The highest BCUT2D eigenvalue weighted by Gasteiger charge is 2.56. The number of nitrogens with one attached hydrogen (secondary N) is 1. The Morgan fingerprint density at radius 1 is 1.10 bits per heavy atom.